The van der Waals surface area contributed by atoms with Gasteiger partial charge in [-0.15, -0.1) is 0 Å². The van der Waals surface area contributed by atoms with Crippen LogP contribution in [-0.2, 0) is 20.7 Å². The molecule has 4 heterocycles. The van der Waals surface area contributed by atoms with Gasteiger partial charge in [0.1, 0.15) is 46.0 Å². The molecule has 0 atom stereocenters. The van der Waals surface area contributed by atoms with E-state index in [4.69, 9.17) is 18.9 Å². The van der Waals surface area contributed by atoms with E-state index in [1.165, 1.54) is 48.5 Å². The molecule has 4 aliphatic rings. The Morgan fingerprint density at radius 3 is 1.05 bits per heavy atom. The Balaban J connectivity index is 0.000000138. The summed E-state index contributed by atoms with van der Waals surface area (Å²) < 4.78 is 23.6. The zero-order valence-electron chi connectivity index (χ0n) is 28.5. The van der Waals surface area contributed by atoms with Crippen LogP contribution in [0.25, 0.3) is 0 Å². The van der Waals surface area contributed by atoms with Crippen LogP contribution in [0.3, 0.4) is 0 Å². The van der Waals surface area contributed by atoms with Crippen LogP contribution in [-0.4, -0.2) is 42.7 Å². The van der Waals surface area contributed by atoms with Gasteiger partial charge in [-0.05, 0) is 85.1 Å². The van der Waals surface area contributed by atoms with Gasteiger partial charge in [0.25, 0.3) is 0 Å². The third-order valence-electron chi connectivity index (χ3n) is 9.49. The molecule has 2 spiro atoms. The van der Waals surface area contributed by atoms with Crippen molar-refractivity contribution in [2.45, 2.75) is 11.2 Å². The molecule has 6 aromatic carbocycles. The highest BCUT2D eigenvalue weighted by Gasteiger charge is 2.55. The maximum Gasteiger partial charge on any atom is 0.340 e. The van der Waals surface area contributed by atoms with Gasteiger partial charge in [0.2, 0.25) is 0 Å². The van der Waals surface area contributed by atoms with E-state index in [2.05, 4.69) is 34.6 Å². The largest absolute Gasteiger partial charge is 0.508 e. The number of aromatic hydroxyl groups is 4. The van der Waals surface area contributed by atoms with Crippen molar-refractivity contribution < 1.29 is 49.0 Å². The Labute approximate surface area is 327 Å². The number of thiocarbonyl (C=S) groups is 2. The molecule has 0 amide bonds. The second-order valence-electron chi connectivity index (χ2n) is 12.5. The van der Waals surface area contributed by atoms with Gasteiger partial charge in [0, 0.05) is 57.6 Å². The predicted molar refractivity (Wildman–Crippen MR) is 206 cm³/mol. The highest BCUT2D eigenvalue weighted by molar-refractivity contribution is 7.78. The molecule has 12 nitrogen and oxygen atoms in total. The van der Waals surface area contributed by atoms with Crippen molar-refractivity contribution in [3.63, 3.8) is 0 Å². The van der Waals surface area contributed by atoms with Gasteiger partial charge in [0.05, 0.1) is 21.4 Å². The lowest BCUT2D eigenvalue weighted by Gasteiger charge is -2.36. The summed E-state index contributed by atoms with van der Waals surface area (Å²) in [6, 6.07) is 33.2. The SMILES string of the molecule is O=C1OC2(c3ccc(O)cc3Oc3cc(O)ccc32)c2ccccc21.O=C1OC2(c3ccc(O)cc3Oc3cc(O)ccc32)c2ccccc21.S=C=NN=C=S. The molecular weight excluding hydrogens is 757 g/mol. The van der Waals surface area contributed by atoms with Crippen LogP contribution in [0, 0.1) is 0 Å². The maximum atomic E-state index is 12.5. The number of carbonyl (C=O) groups excluding carboxylic acids is 2. The molecule has 0 radical (unpaired) electrons. The van der Waals surface area contributed by atoms with Gasteiger partial charge >= 0.3 is 11.9 Å². The minimum atomic E-state index is -1.17. The average molecular weight is 781 g/mol. The molecule has 0 saturated heterocycles. The van der Waals surface area contributed by atoms with E-state index in [-0.39, 0.29) is 23.0 Å². The van der Waals surface area contributed by atoms with E-state index in [1.54, 1.807) is 48.5 Å². The lowest BCUT2D eigenvalue weighted by molar-refractivity contribution is 0.0214. The first kappa shape index (κ1) is 35.7. The summed E-state index contributed by atoms with van der Waals surface area (Å²) in [5.41, 5.74) is 2.57. The first-order chi connectivity index (χ1) is 27.1. The normalized spacial score (nSPS) is 14.6. The number of rotatable bonds is 1. The number of phenolic OH excluding ortho intramolecular Hbond substituents is 4. The Hall–Kier alpha value is -7.34. The zero-order chi connectivity index (χ0) is 39.2. The van der Waals surface area contributed by atoms with E-state index in [1.807, 2.05) is 34.6 Å². The molecule has 0 bridgehead atoms. The summed E-state index contributed by atoms with van der Waals surface area (Å²) in [6.45, 7) is 0. The van der Waals surface area contributed by atoms with Crippen LogP contribution < -0.4 is 9.47 Å². The summed E-state index contributed by atoms with van der Waals surface area (Å²) in [4.78, 5) is 25.1. The molecule has 0 unspecified atom stereocenters. The van der Waals surface area contributed by atoms with Crippen molar-refractivity contribution in [1.82, 2.24) is 0 Å². The fourth-order valence-electron chi connectivity index (χ4n) is 7.35. The van der Waals surface area contributed by atoms with Crippen LogP contribution in [0.15, 0.2) is 132 Å². The minimum Gasteiger partial charge on any atom is -0.508 e. The molecule has 0 saturated carbocycles. The summed E-state index contributed by atoms with van der Waals surface area (Å²) in [7, 11) is 0. The first-order valence-electron chi connectivity index (χ1n) is 16.6. The highest BCUT2D eigenvalue weighted by atomic mass is 32.1. The first-order valence-corrected chi connectivity index (χ1v) is 17.4. The van der Waals surface area contributed by atoms with Gasteiger partial charge in [-0.2, -0.15) is 0 Å². The van der Waals surface area contributed by atoms with Gasteiger partial charge in [-0.1, -0.05) is 46.6 Å². The molecular formula is C42H24N2O10S2. The number of carbonyl (C=O) groups is 2. The van der Waals surface area contributed by atoms with Crippen molar-refractivity contribution in [1.29, 1.82) is 0 Å². The van der Waals surface area contributed by atoms with Gasteiger partial charge in [-0.3, -0.25) is 0 Å². The Bertz CT molecular complexity index is 2450. The van der Waals surface area contributed by atoms with E-state index in [0.29, 0.717) is 67.5 Å². The van der Waals surface area contributed by atoms with E-state index >= 15 is 0 Å². The number of esters is 2. The van der Waals surface area contributed by atoms with Crippen molar-refractivity contribution in [3.05, 3.63) is 166 Å². The lowest BCUT2D eigenvalue weighted by Crippen LogP contribution is -2.32. The minimum absolute atomic E-state index is 0.0371. The van der Waals surface area contributed by atoms with Crippen molar-refractivity contribution in [2.24, 2.45) is 10.2 Å². The van der Waals surface area contributed by atoms with Crippen molar-refractivity contribution in [3.8, 4) is 46.0 Å². The number of nitrogens with zero attached hydrogens (tertiary/aromatic N) is 2. The second-order valence-corrected chi connectivity index (χ2v) is 12.9. The fourth-order valence-corrected chi connectivity index (χ4v) is 7.43. The predicted octanol–water partition coefficient (Wildman–Crippen LogP) is 8.44. The molecule has 14 heteroatoms. The summed E-state index contributed by atoms with van der Waals surface area (Å²) in [5, 5.41) is 49.4. The van der Waals surface area contributed by atoms with Crippen LogP contribution in [0.1, 0.15) is 54.1 Å². The topological polar surface area (TPSA) is 177 Å². The molecule has 0 aromatic heterocycles. The second kappa shape index (κ2) is 13.8. The molecule has 0 aliphatic carbocycles. The Morgan fingerprint density at radius 1 is 0.446 bits per heavy atom. The number of fused-ring (bicyclic) bond motifs is 12. The number of hydrogen-bond donors (Lipinski definition) is 4. The van der Waals surface area contributed by atoms with Crippen LogP contribution in [0.4, 0.5) is 0 Å². The Kier molecular flexibility index (Phi) is 8.80. The monoisotopic (exact) mass is 780 g/mol. The highest BCUT2D eigenvalue weighted by Crippen LogP contribution is 2.58. The van der Waals surface area contributed by atoms with Crippen LogP contribution in [0.5, 0.6) is 46.0 Å². The fraction of sp³-hybridized carbons (Fsp3) is 0.0476. The van der Waals surface area contributed by atoms with E-state index in [0.717, 1.165) is 0 Å². The third kappa shape index (κ3) is 5.61. The number of isothiocyanates is 2. The van der Waals surface area contributed by atoms with Gasteiger partial charge in [-0.25, -0.2) is 9.59 Å². The molecule has 10 rings (SSSR count). The number of hydrogen-bond acceptors (Lipinski definition) is 14. The summed E-state index contributed by atoms with van der Waals surface area (Å²) in [5.74, 6) is 0.817. The van der Waals surface area contributed by atoms with Crippen LogP contribution >= 0.6 is 24.4 Å². The standard InChI is InChI=1S/2C20H12O5.C2N2S2/c2*21-11-5-7-15-17(9-11)24-18-10-12(22)6-8-16(18)20(15)14-4-2-1-3-13(14)19(23)25-20;5-1-3-4-2-6/h2*1-10,21-22H;. The summed E-state index contributed by atoms with van der Waals surface area (Å²) in [6.07, 6.45) is 0. The number of benzene rings is 6. The maximum absolute atomic E-state index is 12.5. The smallest absolute Gasteiger partial charge is 0.340 e. The molecule has 56 heavy (non-hydrogen) atoms. The number of ether oxygens (including phenoxy) is 4. The molecule has 4 N–H and O–H groups in total. The molecule has 6 aromatic rings. The third-order valence-corrected chi connectivity index (χ3v) is 9.66. The lowest BCUT2D eigenvalue weighted by atomic mass is 9.77. The van der Waals surface area contributed by atoms with Gasteiger partial charge < -0.3 is 39.4 Å². The summed E-state index contributed by atoms with van der Waals surface area (Å²) >= 11 is 8.24. The van der Waals surface area contributed by atoms with Crippen molar-refractivity contribution in [2.75, 3.05) is 0 Å². The molecule has 4 aliphatic heterocycles. The van der Waals surface area contributed by atoms with E-state index in [9.17, 15) is 30.0 Å². The molecule has 274 valence electrons. The molecule has 0 fully saturated rings. The zero-order valence-corrected chi connectivity index (χ0v) is 30.1. The quantitative estimate of drug-likeness (QED) is 0.0543. The van der Waals surface area contributed by atoms with E-state index < -0.39 is 23.1 Å². The average Bonchev–Trinajstić information content (AvgIpc) is 3.65. The number of phenols is 4. The van der Waals surface area contributed by atoms with Crippen LogP contribution in [0.2, 0.25) is 0 Å². The Morgan fingerprint density at radius 2 is 0.750 bits per heavy atom. The van der Waals surface area contributed by atoms with Gasteiger partial charge in [0.15, 0.2) is 11.2 Å². The van der Waals surface area contributed by atoms with Crippen molar-refractivity contribution >= 4 is 46.7 Å².